The topological polar surface area (TPSA) is 67.4 Å². The highest BCUT2D eigenvalue weighted by Gasteiger charge is 2.13. The number of nitrogens with one attached hydrogen (secondary N) is 2. The van der Waals surface area contributed by atoms with Gasteiger partial charge in [0.05, 0.1) is 12.8 Å². The molecule has 0 aliphatic rings. The Morgan fingerprint density at radius 3 is 2.42 bits per heavy atom. The SMILES string of the molecule is COc1ccc(Cl)cc1NC(=O)CC(=O)Nc1ccc(C)c(Cl)c1. The van der Waals surface area contributed by atoms with Crippen molar-refractivity contribution in [1.82, 2.24) is 0 Å². The fourth-order valence-corrected chi connectivity index (χ4v) is 2.35. The van der Waals surface area contributed by atoms with Crippen LogP contribution in [0.3, 0.4) is 0 Å². The number of hydrogen-bond acceptors (Lipinski definition) is 3. The van der Waals surface area contributed by atoms with E-state index in [4.69, 9.17) is 27.9 Å². The van der Waals surface area contributed by atoms with E-state index in [1.807, 2.05) is 6.92 Å². The summed E-state index contributed by atoms with van der Waals surface area (Å²) in [6.07, 6.45) is -0.346. The van der Waals surface area contributed by atoms with Crippen molar-refractivity contribution in [1.29, 1.82) is 0 Å². The molecule has 0 atom stereocenters. The van der Waals surface area contributed by atoms with E-state index in [0.29, 0.717) is 27.2 Å². The summed E-state index contributed by atoms with van der Waals surface area (Å²) in [5.74, 6) is -0.474. The van der Waals surface area contributed by atoms with Crippen molar-refractivity contribution in [3.05, 3.63) is 52.0 Å². The third-order valence-electron chi connectivity index (χ3n) is 3.21. The minimum atomic E-state index is -0.480. The molecule has 0 bridgehead atoms. The highest BCUT2D eigenvalue weighted by atomic mass is 35.5. The molecule has 5 nitrogen and oxygen atoms in total. The maximum Gasteiger partial charge on any atom is 0.233 e. The van der Waals surface area contributed by atoms with Gasteiger partial charge in [0.25, 0.3) is 0 Å². The maximum atomic E-state index is 12.0. The number of anilines is 2. The van der Waals surface area contributed by atoms with Gasteiger partial charge >= 0.3 is 0 Å². The molecule has 0 saturated heterocycles. The zero-order chi connectivity index (χ0) is 17.7. The van der Waals surface area contributed by atoms with Crippen LogP contribution < -0.4 is 15.4 Å². The predicted molar refractivity (Wildman–Crippen MR) is 96.1 cm³/mol. The fraction of sp³-hybridized carbons (Fsp3) is 0.176. The lowest BCUT2D eigenvalue weighted by Crippen LogP contribution is -2.21. The molecule has 2 amide bonds. The lowest BCUT2D eigenvalue weighted by Gasteiger charge is -2.11. The summed E-state index contributed by atoms with van der Waals surface area (Å²) in [5.41, 5.74) is 1.84. The van der Waals surface area contributed by atoms with Gasteiger partial charge in [0, 0.05) is 15.7 Å². The lowest BCUT2D eigenvalue weighted by atomic mass is 10.2. The van der Waals surface area contributed by atoms with Gasteiger partial charge in [-0.1, -0.05) is 29.3 Å². The van der Waals surface area contributed by atoms with Gasteiger partial charge < -0.3 is 15.4 Å². The lowest BCUT2D eigenvalue weighted by molar-refractivity contribution is -0.123. The molecular weight excluding hydrogens is 351 g/mol. The van der Waals surface area contributed by atoms with Gasteiger partial charge in [0.15, 0.2) is 0 Å². The molecule has 0 aromatic heterocycles. The maximum absolute atomic E-state index is 12.0. The summed E-state index contributed by atoms with van der Waals surface area (Å²) >= 11 is 11.9. The van der Waals surface area contributed by atoms with Crippen LogP contribution in [0.2, 0.25) is 10.0 Å². The minimum Gasteiger partial charge on any atom is -0.495 e. The highest BCUT2D eigenvalue weighted by molar-refractivity contribution is 6.31. The first-order valence-corrected chi connectivity index (χ1v) is 7.84. The Labute approximate surface area is 149 Å². The van der Waals surface area contributed by atoms with Crippen molar-refractivity contribution in [3.63, 3.8) is 0 Å². The summed E-state index contributed by atoms with van der Waals surface area (Å²) < 4.78 is 5.14. The Bertz CT molecular complexity index is 778. The molecule has 0 heterocycles. The molecule has 2 N–H and O–H groups in total. The van der Waals surface area contributed by atoms with Crippen LogP contribution in [-0.2, 0) is 9.59 Å². The molecule has 0 radical (unpaired) electrons. The predicted octanol–water partition coefficient (Wildman–Crippen LogP) is 4.28. The third kappa shape index (κ3) is 4.88. The van der Waals surface area contributed by atoms with Crippen molar-refractivity contribution < 1.29 is 14.3 Å². The van der Waals surface area contributed by atoms with Crippen molar-refractivity contribution in [3.8, 4) is 5.75 Å². The quantitative estimate of drug-likeness (QED) is 0.776. The van der Waals surface area contributed by atoms with Crippen molar-refractivity contribution >= 4 is 46.4 Å². The molecule has 2 aromatic carbocycles. The molecule has 0 spiro atoms. The van der Waals surface area contributed by atoms with Gasteiger partial charge in [-0.25, -0.2) is 0 Å². The normalized spacial score (nSPS) is 10.2. The molecular formula is C17H16Cl2N2O3. The van der Waals surface area contributed by atoms with E-state index in [1.165, 1.54) is 7.11 Å². The second-order valence-corrected chi connectivity index (χ2v) is 5.93. The summed E-state index contributed by atoms with van der Waals surface area (Å²) in [5, 5.41) is 6.22. The summed E-state index contributed by atoms with van der Waals surface area (Å²) in [4.78, 5) is 24.0. The molecule has 126 valence electrons. The van der Waals surface area contributed by atoms with Crippen LogP contribution in [0.1, 0.15) is 12.0 Å². The molecule has 0 fully saturated rings. The number of ether oxygens (including phenoxy) is 1. The van der Waals surface area contributed by atoms with E-state index in [-0.39, 0.29) is 6.42 Å². The first kappa shape index (κ1) is 18.1. The second kappa shape index (κ2) is 8.04. The average Bonchev–Trinajstić information content (AvgIpc) is 2.51. The van der Waals surface area contributed by atoms with Crippen LogP contribution in [-0.4, -0.2) is 18.9 Å². The molecule has 0 unspecified atom stereocenters. The number of methoxy groups -OCH3 is 1. The van der Waals surface area contributed by atoms with E-state index in [0.717, 1.165) is 5.56 Å². The number of amides is 2. The summed E-state index contributed by atoms with van der Waals surface area (Å²) in [6, 6.07) is 9.96. The first-order valence-electron chi connectivity index (χ1n) is 7.08. The number of hydrogen-bond donors (Lipinski definition) is 2. The second-order valence-electron chi connectivity index (χ2n) is 5.08. The number of aryl methyl sites for hydroxylation is 1. The molecule has 2 aromatic rings. The van der Waals surface area contributed by atoms with E-state index in [2.05, 4.69) is 10.6 Å². The number of halogens is 2. The van der Waals surface area contributed by atoms with Crippen LogP contribution in [0.25, 0.3) is 0 Å². The number of carbonyl (C=O) groups is 2. The third-order valence-corrected chi connectivity index (χ3v) is 3.85. The van der Waals surface area contributed by atoms with Gasteiger partial charge in [-0.3, -0.25) is 9.59 Å². The van der Waals surface area contributed by atoms with Gasteiger partial charge in [0.1, 0.15) is 12.2 Å². The van der Waals surface area contributed by atoms with Crippen LogP contribution >= 0.6 is 23.2 Å². The molecule has 0 saturated carbocycles. The number of benzene rings is 2. The van der Waals surface area contributed by atoms with Crippen LogP contribution in [0.4, 0.5) is 11.4 Å². The van der Waals surface area contributed by atoms with Gasteiger partial charge in [-0.05, 0) is 42.8 Å². The smallest absolute Gasteiger partial charge is 0.233 e. The molecule has 24 heavy (non-hydrogen) atoms. The Hall–Kier alpha value is -2.24. The highest BCUT2D eigenvalue weighted by Crippen LogP contribution is 2.27. The van der Waals surface area contributed by atoms with Crippen molar-refractivity contribution in [2.75, 3.05) is 17.7 Å². The first-order chi connectivity index (χ1) is 11.4. The van der Waals surface area contributed by atoms with Crippen LogP contribution in [0.5, 0.6) is 5.75 Å². The zero-order valence-electron chi connectivity index (χ0n) is 13.2. The number of rotatable bonds is 5. The van der Waals surface area contributed by atoms with Gasteiger partial charge in [-0.15, -0.1) is 0 Å². The Morgan fingerprint density at radius 1 is 1.04 bits per heavy atom. The van der Waals surface area contributed by atoms with Crippen molar-refractivity contribution in [2.45, 2.75) is 13.3 Å². The van der Waals surface area contributed by atoms with E-state index >= 15 is 0 Å². The Balaban J connectivity index is 1.98. The van der Waals surface area contributed by atoms with Gasteiger partial charge in [-0.2, -0.15) is 0 Å². The molecule has 0 aliphatic carbocycles. The molecule has 2 rings (SSSR count). The van der Waals surface area contributed by atoms with Crippen molar-refractivity contribution in [2.24, 2.45) is 0 Å². The fourth-order valence-electron chi connectivity index (χ4n) is 1.99. The van der Waals surface area contributed by atoms with Crippen LogP contribution in [0.15, 0.2) is 36.4 Å². The minimum absolute atomic E-state index is 0.346. The molecule has 0 aliphatic heterocycles. The summed E-state index contributed by atoms with van der Waals surface area (Å²) in [6.45, 7) is 1.86. The van der Waals surface area contributed by atoms with Gasteiger partial charge in [0.2, 0.25) is 11.8 Å². The Kier molecular flexibility index (Phi) is 6.06. The molecule has 7 heteroatoms. The van der Waals surface area contributed by atoms with E-state index in [1.54, 1.807) is 36.4 Å². The monoisotopic (exact) mass is 366 g/mol. The standard InChI is InChI=1S/C17H16Cl2N2O3/c1-10-3-5-12(8-13(10)19)20-16(22)9-17(23)21-14-7-11(18)4-6-15(14)24-2/h3-8H,9H2,1-2H3,(H,20,22)(H,21,23). The van der Waals surface area contributed by atoms with Crippen LogP contribution in [0, 0.1) is 6.92 Å². The Morgan fingerprint density at radius 2 is 1.75 bits per heavy atom. The largest absolute Gasteiger partial charge is 0.495 e. The number of carbonyl (C=O) groups excluding carboxylic acids is 2. The van der Waals surface area contributed by atoms with E-state index in [9.17, 15) is 9.59 Å². The average molecular weight is 367 g/mol. The summed E-state index contributed by atoms with van der Waals surface area (Å²) in [7, 11) is 1.48. The zero-order valence-corrected chi connectivity index (χ0v) is 14.7. The van der Waals surface area contributed by atoms with E-state index < -0.39 is 11.8 Å².